The maximum absolute atomic E-state index is 8.74. The molecule has 18 heavy (non-hydrogen) atoms. The summed E-state index contributed by atoms with van der Waals surface area (Å²) in [7, 11) is -15.0. The molecule has 18 heteroatoms. The molecule has 0 saturated carbocycles. The van der Waals surface area contributed by atoms with E-state index in [4.69, 9.17) is 52.6 Å². The van der Waals surface area contributed by atoms with Crippen molar-refractivity contribution in [2.75, 3.05) is 0 Å². The molecule has 0 aromatic heterocycles. The Morgan fingerprint density at radius 1 is 0.611 bits per heavy atom. The van der Waals surface area contributed by atoms with E-state index < -0.39 is 31.2 Å². The van der Waals surface area contributed by atoms with Crippen molar-refractivity contribution in [1.82, 2.24) is 0 Å². The summed E-state index contributed by atoms with van der Waals surface area (Å²) < 4.78 is 99.7. The Kier molecular flexibility index (Phi) is 29.2. The SMILES string of the molecule is O=S(=O)(O)O.O=S(=O)([O-])[O-].O=S(=O)([O-])[O-].S.[Fe+2].[Fe+2]. The van der Waals surface area contributed by atoms with Crippen LogP contribution in [0.1, 0.15) is 0 Å². The van der Waals surface area contributed by atoms with Crippen molar-refractivity contribution < 1.29 is 86.7 Å². The van der Waals surface area contributed by atoms with Crippen LogP contribution in [-0.2, 0) is 65.3 Å². The van der Waals surface area contributed by atoms with E-state index in [0.717, 1.165) is 0 Å². The summed E-state index contributed by atoms with van der Waals surface area (Å²) in [5, 5.41) is 0. The van der Waals surface area contributed by atoms with Gasteiger partial charge in [-0.3, -0.25) is 25.9 Å². The zero-order chi connectivity index (χ0) is 13.5. The molecule has 0 aromatic rings. The molecule has 0 amide bonds. The largest absolute Gasteiger partial charge is 2.00 e. The summed E-state index contributed by atoms with van der Waals surface area (Å²) in [6.45, 7) is 0. The molecule has 0 atom stereocenters. The molecule has 0 aliphatic heterocycles. The molecule has 0 spiro atoms. The van der Waals surface area contributed by atoms with Crippen LogP contribution in [0.2, 0.25) is 0 Å². The van der Waals surface area contributed by atoms with Crippen molar-refractivity contribution >= 4 is 44.7 Å². The normalized spacial score (nSPS) is 9.67. The van der Waals surface area contributed by atoms with E-state index in [1.807, 2.05) is 0 Å². The van der Waals surface area contributed by atoms with Gasteiger partial charge in [0.15, 0.2) is 0 Å². The van der Waals surface area contributed by atoms with E-state index in [1.54, 1.807) is 0 Å². The van der Waals surface area contributed by atoms with Crippen LogP contribution in [0.5, 0.6) is 0 Å². The van der Waals surface area contributed by atoms with Gasteiger partial charge < -0.3 is 18.2 Å². The molecule has 0 saturated heterocycles. The van der Waals surface area contributed by atoms with Gasteiger partial charge in [0.25, 0.3) is 0 Å². The van der Waals surface area contributed by atoms with Crippen LogP contribution in [0.4, 0.5) is 0 Å². The first kappa shape index (κ1) is 36.4. The minimum absolute atomic E-state index is 0. The molecule has 0 aromatic carbocycles. The van der Waals surface area contributed by atoms with Gasteiger partial charge in [0.2, 0.25) is 0 Å². The van der Waals surface area contributed by atoms with Gasteiger partial charge in [0.05, 0.1) is 0 Å². The van der Waals surface area contributed by atoms with E-state index in [0.29, 0.717) is 0 Å². The van der Waals surface area contributed by atoms with E-state index >= 15 is 0 Å². The molecule has 2 N–H and O–H groups in total. The van der Waals surface area contributed by atoms with Crippen molar-refractivity contribution in [2.45, 2.75) is 0 Å². The Balaban J connectivity index is -0.0000000277. The minimum Gasteiger partial charge on any atom is -0.759 e. The summed E-state index contributed by atoms with van der Waals surface area (Å²) in [6, 6.07) is 0. The minimum atomic E-state index is -5.17. The monoisotopic (exact) mass is 436 g/mol. The quantitative estimate of drug-likeness (QED) is 0.217. The zero-order valence-corrected chi connectivity index (χ0v) is 13.1. The van der Waals surface area contributed by atoms with Crippen molar-refractivity contribution in [2.24, 2.45) is 0 Å². The van der Waals surface area contributed by atoms with Crippen LogP contribution < -0.4 is 0 Å². The smallest absolute Gasteiger partial charge is 0.759 e. The average Bonchev–Trinajstić information content (AvgIpc) is 1.41. The summed E-state index contributed by atoms with van der Waals surface area (Å²) >= 11 is 0. The van der Waals surface area contributed by atoms with Crippen LogP contribution in [0.15, 0.2) is 0 Å². The van der Waals surface area contributed by atoms with E-state index in [9.17, 15) is 0 Å². The standard InChI is InChI=1S/2Fe.3H2O4S.H2S/c;;3*1-5(2,3)4;/h;;3*(H2,1,2,3,4);1H2/q2*+2;;;;/p-4. The Morgan fingerprint density at radius 2 is 0.611 bits per heavy atom. The molecular formula is H4Fe2O12S4. The van der Waals surface area contributed by atoms with Crippen LogP contribution in [0.3, 0.4) is 0 Å². The van der Waals surface area contributed by atoms with Crippen molar-refractivity contribution in [3.8, 4) is 0 Å². The molecule has 0 aliphatic rings. The zero-order valence-electron chi connectivity index (χ0n) is 7.41. The molecule has 0 rings (SSSR count). The van der Waals surface area contributed by atoms with Gasteiger partial charge in [-0.1, -0.05) is 0 Å². The second-order valence-corrected chi connectivity index (χ2v) is 3.79. The van der Waals surface area contributed by atoms with Crippen LogP contribution in [0.25, 0.3) is 0 Å². The first-order valence-electron chi connectivity index (χ1n) is 2.03. The third-order valence-electron chi connectivity index (χ3n) is 0. The van der Waals surface area contributed by atoms with Crippen LogP contribution >= 0.6 is 13.5 Å². The molecule has 0 aliphatic carbocycles. The van der Waals surface area contributed by atoms with Gasteiger partial charge in [-0.2, -0.15) is 21.9 Å². The predicted molar refractivity (Wildman–Crippen MR) is 45.5 cm³/mol. The van der Waals surface area contributed by atoms with Crippen molar-refractivity contribution in [3.63, 3.8) is 0 Å². The summed E-state index contributed by atoms with van der Waals surface area (Å²) in [6.07, 6.45) is 0. The Hall–Kier alpha value is 0.999. The second-order valence-electron chi connectivity index (χ2n) is 1.26. The summed E-state index contributed by atoms with van der Waals surface area (Å²) in [5.74, 6) is 0. The molecule has 0 unspecified atom stereocenters. The topological polar surface area (TPSA) is 235 Å². The first-order chi connectivity index (χ1) is 6.00. The average molecular weight is 436 g/mol. The fourth-order valence-electron chi connectivity index (χ4n) is 0. The molecule has 0 radical (unpaired) electrons. The van der Waals surface area contributed by atoms with Gasteiger partial charge in [-0.15, -0.1) is 0 Å². The van der Waals surface area contributed by atoms with E-state index in [2.05, 4.69) is 0 Å². The summed E-state index contributed by atoms with van der Waals surface area (Å²) in [4.78, 5) is 0. The second kappa shape index (κ2) is 14.4. The van der Waals surface area contributed by atoms with Crippen molar-refractivity contribution in [3.05, 3.63) is 0 Å². The van der Waals surface area contributed by atoms with Gasteiger partial charge >= 0.3 is 44.5 Å². The number of hydrogen-bond acceptors (Lipinski definition) is 10. The fourth-order valence-corrected chi connectivity index (χ4v) is 0. The molecular weight excluding hydrogens is 432 g/mol. The van der Waals surface area contributed by atoms with E-state index in [1.165, 1.54) is 0 Å². The fraction of sp³-hybridized carbons (Fsp3) is 0. The molecule has 12 nitrogen and oxygen atoms in total. The molecule has 0 heterocycles. The summed E-state index contributed by atoms with van der Waals surface area (Å²) in [5.41, 5.74) is 0. The number of rotatable bonds is 0. The van der Waals surface area contributed by atoms with Gasteiger partial charge in [0, 0.05) is 20.8 Å². The van der Waals surface area contributed by atoms with E-state index in [-0.39, 0.29) is 47.6 Å². The first-order valence-corrected chi connectivity index (χ1v) is 6.10. The van der Waals surface area contributed by atoms with Gasteiger partial charge in [-0.25, -0.2) is 0 Å². The molecule has 116 valence electrons. The van der Waals surface area contributed by atoms with Gasteiger partial charge in [-0.05, 0) is 0 Å². The predicted octanol–water partition coefficient (Wildman–Crippen LogP) is -3.22. The maximum Gasteiger partial charge on any atom is 2.00 e. The van der Waals surface area contributed by atoms with Crippen LogP contribution in [-0.4, -0.2) is 52.6 Å². The Bertz CT molecular complexity index is 343. The Morgan fingerprint density at radius 3 is 0.611 bits per heavy atom. The van der Waals surface area contributed by atoms with Gasteiger partial charge in [0.1, 0.15) is 0 Å². The maximum atomic E-state index is 8.74. The number of hydrogen-bond donors (Lipinski definition) is 2. The third-order valence-corrected chi connectivity index (χ3v) is 0. The van der Waals surface area contributed by atoms with Crippen molar-refractivity contribution in [1.29, 1.82) is 0 Å². The Labute approximate surface area is 131 Å². The molecule has 0 bridgehead atoms. The molecule has 0 fully saturated rings. The third kappa shape index (κ3) is 4360. The van der Waals surface area contributed by atoms with Crippen LogP contribution in [0, 0.1) is 0 Å².